The molecule has 3 aromatic rings. The second-order valence-electron chi connectivity index (χ2n) is 6.45. The summed E-state index contributed by atoms with van der Waals surface area (Å²) in [5.41, 5.74) is 0.701. The Bertz CT molecular complexity index is 1070. The van der Waals surface area contributed by atoms with Gasteiger partial charge in [0, 0.05) is 43.7 Å². The average Bonchev–Trinajstić information content (AvgIpc) is 2.93. The van der Waals surface area contributed by atoms with E-state index in [1.165, 1.54) is 56.7 Å². The Hall–Kier alpha value is -4.88. The number of aliphatic carboxylic acids is 1. The lowest BCUT2D eigenvalue weighted by molar-refractivity contribution is -0.135. The highest BCUT2D eigenvalue weighted by Gasteiger charge is 2.07. The van der Waals surface area contributed by atoms with Crippen LogP contribution in [0.25, 0.3) is 0 Å². The van der Waals surface area contributed by atoms with Crippen molar-refractivity contribution in [2.24, 2.45) is 0 Å². The van der Waals surface area contributed by atoms with Crippen molar-refractivity contribution in [2.45, 2.75) is 19.8 Å². The zero-order valence-corrected chi connectivity index (χ0v) is 19.7. The number of rotatable bonds is 8. The van der Waals surface area contributed by atoms with Crippen molar-refractivity contribution >= 4 is 23.8 Å². The molecule has 0 aliphatic heterocycles. The van der Waals surface area contributed by atoms with E-state index in [1.54, 1.807) is 6.20 Å². The number of unbranched alkanes of at least 4 members (excludes halogenated alkanes) is 1. The molecule has 14 heteroatoms. The van der Waals surface area contributed by atoms with Crippen LogP contribution in [0.5, 0.6) is 0 Å². The molecule has 3 heterocycles. The summed E-state index contributed by atoms with van der Waals surface area (Å²) in [6.07, 6.45) is 14.9. The fourth-order valence-corrected chi connectivity index (χ4v) is 2.06. The molecule has 0 aliphatic carbocycles. The number of aromatic nitrogens is 6. The number of hydrogen-bond donors (Lipinski definition) is 3. The number of nitrogens with one attached hydrogen (secondary N) is 2. The van der Waals surface area contributed by atoms with Crippen LogP contribution in [0.1, 0.15) is 51.2 Å². The first-order chi connectivity index (χ1) is 17.4. The summed E-state index contributed by atoms with van der Waals surface area (Å²) in [7, 11) is 1.30. The van der Waals surface area contributed by atoms with Crippen LogP contribution in [0.3, 0.4) is 0 Å². The number of carbonyl (C=O) groups is 4. The highest BCUT2D eigenvalue weighted by atomic mass is 16.5. The molecule has 0 saturated heterocycles. The molecular formula is C22H26N8O6. The molecular weight excluding hydrogens is 472 g/mol. The van der Waals surface area contributed by atoms with Gasteiger partial charge in [0.1, 0.15) is 17.9 Å². The minimum Gasteiger partial charge on any atom is -0.480 e. The van der Waals surface area contributed by atoms with Crippen molar-refractivity contribution in [3.05, 3.63) is 72.9 Å². The number of carboxylic acids is 1. The maximum absolute atomic E-state index is 11.3. The summed E-state index contributed by atoms with van der Waals surface area (Å²) in [4.78, 5) is 65.6. The molecule has 190 valence electrons. The van der Waals surface area contributed by atoms with Gasteiger partial charge in [-0.15, -0.1) is 0 Å². The van der Waals surface area contributed by atoms with Crippen molar-refractivity contribution in [3.8, 4) is 0 Å². The van der Waals surface area contributed by atoms with Gasteiger partial charge in [0.25, 0.3) is 11.8 Å². The molecule has 0 radical (unpaired) electrons. The molecule has 3 rings (SSSR count). The van der Waals surface area contributed by atoms with E-state index in [-0.39, 0.29) is 17.3 Å². The Kier molecular flexibility index (Phi) is 14.2. The van der Waals surface area contributed by atoms with E-state index >= 15 is 0 Å². The third kappa shape index (κ3) is 12.4. The zero-order valence-electron chi connectivity index (χ0n) is 19.7. The third-order valence-corrected chi connectivity index (χ3v) is 3.77. The molecule has 0 unspecified atom stereocenters. The number of hydrogen-bond acceptors (Lipinski definition) is 11. The molecule has 0 fully saturated rings. The third-order valence-electron chi connectivity index (χ3n) is 3.77. The predicted molar refractivity (Wildman–Crippen MR) is 125 cm³/mol. The Morgan fingerprint density at radius 2 is 1.25 bits per heavy atom. The number of carbonyl (C=O) groups excluding carboxylic acids is 3. The summed E-state index contributed by atoms with van der Waals surface area (Å²) in [5.74, 6) is -2.26. The first-order valence-electron chi connectivity index (χ1n) is 10.5. The molecule has 14 nitrogen and oxygen atoms in total. The fourth-order valence-electron chi connectivity index (χ4n) is 2.06. The number of amides is 2. The molecule has 3 N–H and O–H groups in total. The van der Waals surface area contributed by atoms with Crippen LogP contribution in [-0.4, -0.2) is 79.0 Å². The molecule has 0 bridgehead atoms. The van der Waals surface area contributed by atoms with E-state index in [2.05, 4.69) is 52.2 Å². The SMILES string of the molecule is CCCCNC(=O)c1cnccn1.COC(=O)c1cnccn1.O=C(O)CNC(=O)c1cnccn1. The van der Waals surface area contributed by atoms with Gasteiger partial charge in [0.2, 0.25) is 0 Å². The zero-order chi connectivity index (χ0) is 26.6. The summed E-state index contributed by atoms with van der Waals surface area (Å²) < 4.78 is 4.39. The highest BCUT2D eigenvalue weighted by molar-refractivity contribution is 5.93. The second-order valence-corrected chi connectivity index (χ2v) is 6.45. The van der Waals surface area contributed by atoms with E-state index in [0.29, 0.717) is 12.2 Å². The summed E-state index contributed by atoms with van der Waals surface area (Å²) in [5, 5.41) is 13.2. The van der Waals surface area contributed by atoms with Gasteiger partial charge in [-0.1, -0.05) is 13.3 Å². The van der Waals surface area contributed by atoms with Crippen molar-refractivity contribution < 1.29 is 29.0 Å². The minimum atomic E-state index is -1.10. The van der Waals surface area contributed by atoms with Crippen molar-refractivity contribution in [3.63, 3.8) is 0 Å². The Labute approximate surface area is 206 Å². The molecule has 36 heavy (non-hydrogen) atoms. The lowest BCUT2D eigenvalue weighted by atomic mass is 10.3. The quantitative estimate of drug-likeness (QED) is 0.288. The Balaban J connectivity index is 0.000000273. The van der Waals surface area contributed by atoms with Gasteiger partial charge in [0.05, 0.1) is 25.7 Å². The molecule has 0 saturated carbocycles. The van der Waals surface area contributed by atoms with Crippen LogP contribution in [0.2, 0.25) is 0 Å². The molecule has 3 aromatic heterocycles. The summed E-state index contributed by atoms with van der Waals surface area (Å²) in [6, 6.07) is 0. The topological polar surface area (TPSA) is 199 Å². The maximum atomic E-state index is 11.3. The largest absolute Gasteiger partial charge is 0.480 e. The average molecular weight is 499 g/mol. The standard InChI is InChI=1S/C9H13N3O.C7H7N3O3.C6H6N2O2/c1-2-3-4-12-9(13)8-7-10-5-6-11-8;11-6(12)4-10-7(13)5-3-8-1-2-9-5;1-10-6(9)5-4-7-2-3-8-5/h5-7H,2-4H2,1H3,(H,12,13);1-3H,4H2,(H,10,13)(H,11,12);2-4H,1H3. The molecule has 0 spiro atoms. The monoisotopic (exact) mass is 498 g/mol. The maximum Gasteiger partial charge on any atom is 0.358 e. The van der Waals surface area contributed by atoms with Gasteiger partial charge in [-0.05, 0) is 6.42 Å². The van der Waals surface area contributed by atoms with Crippen LogP contribution in [0, 0.1) is 0 Å². The number of methoxy groups -OCH3 is 1. The normalized spacial score (nSPS) is 9.28. The highest BCUT2D eigenvalue weighted by Crippen LogP contribution is 1.92. The van der Waals surface area contributed by atoms with E-state index in [9.17, 15) is 19.2 Å². The summed E-state index contributed by atoms with van der Waals surface area (Å²) in [6.45, 7) is 2.36. The van der Waals surface area contributed by atoms with E-state index < -0.39 is 24.4 Å². The van der Waals surface area contributed by atoms with E-state index in [1.807, 2.05) is 0 Å². The molecule has 2 amide bonds. The van der Waals surface area contributed by atoms with E-state index in [0.717, 1.165) is 12.8 Å². The lowest BCUT2D eigenvalue weighted by Crippen LogP contribution is -2.29. The second kappa shape index (κ2) is 17.6. The first kappa shape index (κ1) is 29.2. The van der Waals surface area contributed by atoms with Crippen molar-refractivity contribution in [2.75, 3.05) is 20.2 Å². The molecule has 0 aliphatic rings. The van der Waals surface area contributed by atoms with Crippen LogP contribution >= 0.6 is 0 Å². The van der Waals surface area contributed by atoms with Gasteiger partial charge in [-0.3, -0.25) is 29.3 Å². The van der Waals surface area contributed by atoms with Crippen molar-refractivity contribution in [1.29, 1.82) is 0 Å². The number of esters is 1. The Morgan fingerprint density at radius 3 is 1.64 bits per heavy atom. The smallest absolute Gasteiger partial charge is 0.358 e. The van der Waals surface area contributed by atoms with Gasteiger partial charge in [-0.25, -0.2) is 19.7 Å². The Morgan fingerprint density at radius 1 is 0.778 bits per heavy atom. The number of ether oxygens (including phenoxy) is 1. The van der Waals surface area contributed by atoms with Gasteiger partial charge < -0.3 is 20.5 Å². The summed E-state index contributed by atoms with van der Waals surface area (Å²) >= 11 is 0. The van der Waals surface area contributed by atoms with Gasteiger partial charge in [-0.2, -0.15) is 0 Å². The number of nitrogens with zero attached hydrogens (tertiary/aromatic N) is 6. The number of carboxylic acid groups (broad SMARTS) is 1. The first-order valence-corrected chi connectivity index (χ1v) is 10.5. The lowest BCUT2D eigenvalue weighted by Gasteiger charge is -2.01. The molecule has 0 atom stereocenters. The van der Waals surface area contributed by atoms with Crippen LogP contribution < -0.4 is 10.6 Å². The molecule has 0 aromatic carbocycles. The minimum absolute atomic E-state index is 0.101. The predicted octanol–water partition coefficient (Wildman–Crippen LogP) is 0.561. The van der Waals surface area contributed by atoms with Crippen LogP contribution in [0.15, 0.2) is 55.8 Å². The van der Waals surface area contributed by atoms with Crippen LogP contribution in [-0.2, 0) is 9.53 Å². The van der Waals surface area contributed by atoms with Crippen LogP contribution in [0.4, 0.5) is 0 Å². The fraction of sp³-hybridized carbons (Fsp3) is 0.273. The van der Waals surface area contributed by atoms with Gasteiger partial charge >= 0.3 is 11.9 Å². The van der Waals surface area contributed by atoms with E-state index in [4.69, 9.17) is 5.11 Å². The van der Waals surface area contributed by atoms with Crippen molar-refractivity contribution in [1.82, 2.24) is 40.5 Å². The van der Waals surface area contributed by atoms with Gasteiger partial charge in [0.15, 0.2) is 5.69 Å².